The highest BCUT2D eigenvalue weighted by atomic mass is 16.5. The molecule has 1 N–H and O–H groups in total. The van der Waals surface area contributed by atoms with Gasteiger partial charge in [-0.2, -0.15) is 0 Å². The summed E-state index contributed by atoms with van der Waals surface area (Å²) in [4.78, 5) is 32.2. The van der Waals surface area contributed by atoms with Crippen LogP contribution in [0.15, 0.2) is 54.6 Å². The maximum Gasteiger partial charge on any atom is 0.260 e. The lowest BCUT2D eigenvalue weighted by Crippen LogP contribution is -2.45. The van der Waals surface area contributed by atoms with Crippen molar-refractivity contribution in [3.8, 4) is 5.75 Å². The number of hydrogen-bond donors (Lipinski definition) is 1. The highest BCUT2D eigenvalue weighted by Gasteiger charge is 2.27. The van der Waals surface area contributed by atoms with E-state index in [1.54, 1.807) is 4.90 Å². The van der Waals surface area contributed by atoms with E-state index in [1.165, 1.54) is 11.1 Å². The van der Waals surface area contributed by atoms with Gasteiger partial charge in [-0.25, -0.2) is 0 Å². The summed E-state index contributed by atoms with van der Waals surface area (Å²) in [5.74, 6) is 0.701. The molecule has 0 atom stereocenters. The molecule has 2 amide bonds. The average Bonchev–Trinajstić information content (AvgIpc) is 2.92. The molecule has 0 saturated carbocycles. The summed E-state index contributed by atoms with van der Waals surface area (Å²) in [6.45, 7) is 10.4. The first-order valence-electron chi connectivity index (χ1n) is 12.9. The quantitative estimate of drug-likeness (QED) is 0.601. The van der Waals surface area contributed by atoms with E-state index in [2.05, 4.69) is 40.2 Å². The summed E-state index contributed by atoms with van der Waals surface area (Å²) in [6.07, 6.45) is 1.37. The molecule has 2 aromatic rings. The fraction of sp³-hybridized carbons (Fsp3) is 0.500. The Morgan fingerprint density at radius 3 is 2.17 bits per heavy atom. The highest BCUT2D eigenvalue weighted by molar-refractivity contribution is 5.80. The van der Waals surface area contributed by atoms with Crippen molar-refractivity contribution in [2.45, 2.75) is 32.9 Å². The molecule has 2 heterocycles. The Morgan fingerprint density at radius 2 is 1.49 bits per heavy atom. The molecule has 4 rings (SSSR count). The van der Waals surface area contributed by atoms with E-state index in [9.17, 15) is 9.59 Å². The van der Waals surface area contributed by atoms with Gasteiger partial charge in [-0.1, -0.05) is 49.4 Å². The number of piperazine rings is 1. The Hall–Kier alpha value is -2.90. The van der Waals surface area contributed by atoms with Crippen molar-refractivity contribution in [1.82, 2.24) is 20.0 Å². The average molecular weight is 479 g/mol. The van der Waals surface area contributed by atoms with Crippen LogP contribution in [0.2, 0.25) is 0 Å². The fourth-order valence-electron chi connectivity index (χ4n) is 4.86. The van der Waals surface area contributed by atoms with Crippen LogP contribution >= 0.6 is 0 Å². The number of carbonyl (C=O) groups excluding carboxylic acids is 2. The molecule has 7 nitrogen and oxygen atoms in total. The maximum atomic E-state index is 12.9. The lowest BCUT2D eigenvalue weighted by molar-refractivity contribution is -0.137. The van der Waals surface area contributed by atoms with Gasteiger partial charge in [0.15, 0.2) is 6.61 Å². The minimum atomic E-state index is -0.0524. The van der Waals surface area contributed by atoms with Gasteiger partial charge < -0.3 is 19.9 Å². The van der Waals surface area contributed by atoms with Gasteiger partial charge in [0.05, 0.1) is 0 Å². The second-order valence-corrected chi connectivity index (χ2v) is 9.45. The first-order chi connectivity index (χ1) is 17.1. The molecular weight excluding hydrogens is 440 g/mol. The minimum absolute atomic E-state index is 0.0265. The number of likely N-dealkylation sites (tertiary alicyclic amines) is 1. The molecule has 2 aliphatic heterocycles. The van der Waals surface area contributed by atoms with Crippen LogP contribution in [0.3, 0.4) is 0 Å². The van der Waals surface area contributed by atoms with E-state index < -0.39 is 0 Å². The monoisotopic (exact) mass is 478 g/mol. The third-order valence-electron chi connectivity index (χ3n) is 7.20. The van der Waals surface area contributed by atoms with E-state index in [4.69, 9.17) is 4.74 Å². The summed E-state index contributed by atoms with van der Waals surface area (Å²) in [5.41, 5.74) is 2.47. The molecular formula is C28H38N4O3. The first kappa shape index (κ1) is 25.2. The van der Waals surface area contributed by atoms with E-state index >= 15 is 0 Å². The van der Waals surface area contributed by atoms with Gasteiger partial charge in [0.25, 0.3) is 5.91 Å². The lowest BCUT2D eigenvalue weighted by atomic mass is 9.95. The van der Waals surface area contributed by atoms with Crippen molar-refractivity contribution in [1.29, 1.82) is 0 Å². The zero-order valence-electron chi connectivity index (χ0n) is 20.8. The smallest absolute Gasteiger partial charge is 0.260 e. The molecule has 2 aromatic carbocycles. The number of amides is 2. The molecule has 0 spiro atoms. The normalized spacial score (nSPS) is 17.8. The van der Waals surface area contributed by atoms with E-state index in [0.29, 0.717) is 38.2 Å². The van der Waals surface area contributed by atoms with Crippen LogP contribution in [0.25, 0.3) is 0 Å². The largest absolute Gasteiger partial charge is 0.484 e. The molecule has 0 radical (unpaired) electrons. The Morgan fingerprint density at radius 1 is 0.857 bits per heavy atom. The van der Waals surface area contributed by atoms with Gasteiger partial charge in [-0.05, 0) is 42.6 Å². The molecule has 2 aliphatic rings. The van der Waals surface area contributed by atoms with Crippen LogP contribution in [0, 0.1) is 5.92 Å². The van der Waals surface area contributed by atoms with Crippen molar-refractivity contribution < 1.29 is 14.3 Å². The third-order valence-corrected chi connectivity index (χ3v) is 7.20. The number of piperidine rings is 1. The van der Waals surface area contributed by atoms with E-state index in [1.807, 2.05) is 36.4 Å². The van der Waals surface area contributed by atoms with Crippen LogP contribution in [0.5, 0.6) is 5.75 Å². The second kappa shape index (κ2) is 12.7. The number of nitrogens with zero attached hydrogens (tertiary/aromatic N) is 3. The predicted octanol–water partition coefficient (Wildman–Crippen LogP) is 2.76. The van der Waals surface area contributed by atoms with Crippen LogP contribution in [-0.4, -0.2) is 78.9 Å². The summed E-state index contributed by atoms with van der Waals surface area (Å²) < 4.78 is 5.58. The number of rotatable bonds is 9. The first-order valence-corrected chi connectivity index (χ1v) is 12.9. The Kier molecular flexibility index (Phi) is 9.15. The van der Waals surface area contributed by atoms with Crippen molar-refractivity contribution in [2.75, 3.05) is 52.4 Å². The van der Waals surface area contributed by atoms with Gasteiger partial charge >= 0.3 is 0 Å². The van der Waals surface area contributed by atoms with Crippen molar-refractivity contribution >= 4 is 11.8 Å². The van der Waals surface area contributed by atoms with E-state index in [0.717, 1.165) is 39.3 Å². The molecule has 188 valence electrons. The Labute approximate surface area is 209 Å². The number of carbonyl (C=O) groups is 2. The minimum Gasteiger partial charge on any atom is -0.484 e. The molecule has 0 bridgehead atoms. The molecule has 35 heavy (non-hydrogen) atoms. The number of benzene rings is 2. The van der Waals surface area contributed by atoms with Crippen LogP contribution in [0.1, 0.15) is 30.9 Å². The summed E-state index contributed by atoms with van der Waals surface area (Å²) in [7, 11) is 0. The highest BCUT2D eigenvalue weighted by Crippen LogP contribution is 2.19. The molecule has 7 heteroatoms. The zero-order chi connectivity index (χ0) is 24.5. The zero-order valence-corrected chi connectivity index (χ0v) is 20.8. The van der Waals surface area contributed by atoms with Crippen molar-refractivity contribution in [2.24, 2.45) is 5.92 Å². The molecule has 2 saturated heterocycles. The number of nitrogens with one attached hydrogen (secondary N) is 1. The summed E-state index contributed by atoms with van der Waals surface area (Å²) in [6, 6.07) is 17.8. The standard InChI is InChI=1S/C28H38N4O3/c1-2-30-16-18-31(19-17-30)21-25-9-7-6-8-24(25)20-29-28(34)23-12-14-32(15-13-23)27(33)22-35-26-10-4-3-5-11-26/h3-11,23H,2,12-22H2,1H3,(H,29,34). The van der Waals surface area contributed by atoms with Gasteiger partial charge in [0.2, 0.25) is 5.91 Å². The van der Waals surface area contributed by atoms with Gasteiger partial charge in [0, 0.05) is 58.3 Å². The van der Waals surface area contributed by atoms with Crippen LogP contribution < -0.4 is 10.1 Å². The predicted molar refractivity (Wildman–Crippen MR) is 137 cm³/mol. The number of likely N-dealkylation sites (N-methyl/N-ethyl adjacent to an activating group) is 1. The van der Waals surface area contributed by atoms with Crippen molar-refractivity contribution in [3.63, 3.8) is 0 Å². The number of ether oxygens (including phenoxy) is 1. The number of hydrogen-bond acceptors (Lipinski definition) is 5. The summed E-state index contributed by atoms with van der Waals surface area (Å²) >= 11 is 0. The van der Waals surface area contributed by atoms with Gasteiger partial charge in [0.1, 0.15) is 5.75 Å². The number of para-hydroxylation sites is 1. The van der Waals surface area contributed by atoms with Gasteiger partial charge in [-0.3, -0.25) is 14.5 Å². The van der Waals surface area contributed by atoms with Gasteiger partial charge in [-0.15, -0.1) is 0 Å². The summed E-state index contributed by atoms with van der Waals surface area (Å²) in [5, 5.41) is 3.16. The third kappa shape index (κ3) is 7.29. The van der Waals surface area contributed by atoms with E-state index in [-0.39, 0.29) is 24.3 Å². The molecule has 0 aromatic heterocycles. The maximum absolute atomic E-state index is 12.9. The fourth-order valence-corrected chi connectivity index (χ4v) is 4.86. The Balaban J connectivity index is 1.20. The lowest BCUT2D eigenvalue weighted by Gasteiger charge is -2.34. The SMILES string of the molecule is CCN1CCN(Cc2ccccc2CNC(=O)C2CCN(C(=O)COc3ccccc3)CC2)CC1. The van der Waals surface area contributed by atoms with Crippen LogP contribution in [0.4, 0.5) is 0 Å². The molecule has 0 unspecified atom stereocenters. The van der Waals surface area contributed by atoms with Crippen molar-refractivity contribution in [3.05, 3.63) is 65.7 Å². The second-order valence-electron chi connectivity index (χ2n) is 9.45. The molecule has 2 fully saturated rings. The molecule has 0 aliphatic carbocycles. The van der Waals surface area contributed by atoms with Crippen LogP contribution in [-0.2, 0) is 22.7 Å². The topological polar surface area (TPSA) is 65.1 Å². The Bertz CT molecular complexity index is 952.